The Bertz CT molecular complexity index is 1540. The number of rotatable bonds is 6. The molecular formula is C28H27NO9S. The number of nitrogens with one attached hydrogen (secondary N) is 1. The van der Waals surface area contributed by atoms with E-state index in [2.05, 4.69) is 4.72 Å². The van der Waals surface area contributed by atoms with Gasteiger partial charge >= 0.3 is 5.97 Å². The number of methoxy groups -OCH3 is 2. The van der Waals surface area contributed by atoms with Gasteiger partial charge in [-0.05, 0) is 60.0 Å². The van der Waals surface area contributed by atoms with Gasteiger partial charge in [0.1, 0.15) is 0 Å². The number of phenolic OH excluding ortho intramolecular Hbond substituents is 1. The lowest BCUT2D eigenvalue weighted by Gasteiger charge is -2.39. The fourth-order valence-corrected chi connectivity index (χ4v) is 7.03. The summed E-state index contributed by atoms with van der Waals surface area (Å²) in [6.07, 6.45) is 0. The van der Waals surface area contributed by atoms with Crippen LogP contribution in [-0.4, -0.2) is 47.1 Å². The fraction of sp³-hybridized carbons (Fsp3) is 0.321. The quantitative estimate of drug-likeness (QED) is 0.441. The summed E-state index contributed by atoms with van der Waals surface area (Å²) in [4.78, 5) is 13.4. The average molecular weight is 554 g/mol. The topological polar surface area (TPSA) is 130 Å². The van der Waals surface area contributed by atoms with Crippen molar-refractivity contribution in [2.75, 3.05) is 27.6 Å². The smallest absolute Gasteiger partial charge is 0.310 e. The number of fused-ring (bicyclic) bond motifs is 3. The van der Waals surface area contributed by atoms with Gasteiger partial charge in [-0.3, -0.25) is 4.79 Å². The van der Waals surface area contributed by atoms with Gasteiger partial charge in [0.25, 0.3) is 0 Å². The van der Waals surface area contributed by atoms with Crippen LogP contribution in [0.5, 0.6) is 28.7 Å². The van der Waals surface area contributed by atoms with E-state index in [0.29, 0.717) is 28.2 Å². The highest BCUT2D eigenvalue weighted by atomic mass is 32.2. The molecule has 6 rings (SSSR count). The Morgan fingerprint density at radius 2 is 1.54 bits per heavy atom. The number of aromatic hydroxyl groups is 1. The van der Waals surface area contributed by atoms with E-state index < -0.39 is 39.8 Å². The summed E-state index contributed by atoms with van der Waals surface area (Å²) in [7, 11) is -1.11. The minimum atomic E-state index is -3.96. The number of carbonyl (C=O) groups excluding carboxylic acids is 1. The van der Waals surface area contributed by atoms with Crippen LogP contribution in [0.1, 0.15) is 34.2 Å². The second-order valence-corrected chi connectivity index (χ2v) is 11.5. The zero-order chi connectivity index (χ0) is 27.5. The lowest BCUT2D eigenvalue weighted by molar-refractivity contribution is -0.141. The number of ether oxygens (including phenoxy) is 5. The van der Waals surface area contributed by atoms with E-state index in [-0.39, 0.29) is 35.5 Å². The monoisotopic (exact) mass is 553 g/mol. The molecule has 0 spiro atoms. The molecule has 2 aliphatic heterocycles. The van der Waals surface area contributed by atoms with Crippen LogP contribution in [0.25, 0.3) is 0 Å². The number of benzene rings is 3. The zero-order valence-electron chi connectivity index (χ0n) is 21.5. The Hall–Kier alpha value is -3.96. The third-order valence-corrected chi connectivity index (χ3v) is 9.12. The van der Waals surface area contributed by atoms with Crippen molar-refractivity contribution < 1.29 is 42.0 Å². The normalized spacial score (nSPS) is 23.1. The summed E-state index contributed by atoms with van der Waals surface area (Å²) in [6.45, 7) is 1.93. The van der Waals surface area contributed by atoms with Gasteiger partial charge in [0.05, 0.1) is 37.7 Å². The van der Waals surface area contributed by atoms with Gasteiger partial charge in [-0.15, -0.1) is 0 Å². The summed E-state index contributed by atoms with van der Waals surface area (Å²) in [6, 6.07) is 12.6. The minimum absolute atomic E-state index is 0.0262. The molecule has 2 heterocycles. The molecular weight excluding hydrogens is 526 g/mol. The first-order chi connectivity index (χ1) is 18.7. The van der Waals surface area contributed by atoms with Gasteiger partial charge in [0.15, 0.2) is 23.0 Å². The first kappa shape index (κ1) is 25.3. The Kier molecular flexibility index (Phi) is 6.07. The zero-order valence-corrected chi connectivity index (χ0v) is 22.3. The fourth-order valence-electron chi connectivity index (χ4n) is 5.76. The van der Waals surface area contributed by atoms with E-state index >= 15 is 0 Å². The molecule has 0 bridgehead atoms. The molecule has 0 amide bonds. The first-order valence-electron chi connectivity index (χ1n) is 12.4. The maximum absolute atomic E-state index is 13.5. The van der Waals surface area contributed by atoms with Crippen LogP contribution in [0.4, 0.5) is 0 Å². The van der Waals surface area contributed by atoms with Crippen LogP contribution in [0.15, 0.2) is 53.4 Å². The highest BCUT2D eigenvalue weighted by molar-refractivity contribution is 7.89. The molecule has 4 atom stereocenters. The molecule has 10 nitrogen and oxygen atoms in total. The van der Waals surface area contributed by atoms with Gasteiger partial charge in [0, 0.05) is 11.8 Å². The van der Waals surface area contributed by atoms with Gasteiger partial charge in [-0.2, -0.15) is 0 Å². The SMILES string of the molecule is COc1cc([C@H]2c3cc4c(cc3[C@H](NS(=O)(=O)c3ccc(C)cc3)[C@H]3COC(=O)[C@H]23)OCO4)cc(OC)c1O. The second-order valence-electron chi connectivity index (χ2n) is 9.82. The standard InChI is InChI=1S/C28H27NO9S/c1-14-4-6-16(7-5-14)39(32,33)29-26-18-11-21-20(37-13-38-21)10-17(18)24(25-19(26)12-36-28(25)31)15-8-22(34-2)27(30)23(9-15)35-3/h4-11,19,24-26,29-30H,12-13H2,1-3H3/t19-,24-,25-,26-/m0/s1. The molecule has 11 heteroatoms. The van der Waals surface area contributed by atoms with Crippen molar-refractivity contribution >= 4 is 16.0 Å². The summed E-state index contributed by atoms with van der Waals surface area (Å²) < 4.78 is 57.5. The number of cyclic esters (lactones) is 1. The van der Waals surface area contributed by atoms with E-state index in [0.717, 1.165) is 5.56 Å². The van der Waals surface area contributed by atoms with E-state index in [4.69, 9.17) is 23.7 Å². The van der Waals surface area contributed by atoms with Crippen molar-refractivity contribution in [3.8, 4) is 28.7 Å². The molecule has 0 radical (unpaired) electrons. The van der Waals surface area contributed by atoms with Crippen LogP contribution in [0.2, 0.25) is 0 Å². The molecule has 0 unspecified atom stereocenters. The Labute approximate surface area is 225 Å². The molecule has 0 saturated carbocycles. The van der Waals surface area contributed by atoms with Crippen molar-refractivity contribution in [1.82, 2.24) is 4.72 Å². The molecule has 1 aliphatic carbocycles. The number of sulfonamides is 1. The largest absolute Gasteiger partial charge is 0.502 e. The van der Waals surface area contributed by atoms with Crippen molar-refractivity contribution in [3.05, 3.63) is 70.8 Å². The van der Waals surface area contributed by atoms with Crippen molar-refractivity contribution in [2.45, 2.75) is 23.8 Å². The second kappa shape index (κ2) is 9.35. The molecule has 204 valence electrons. The summed E-state index contributed by atoms with van der Waals surface area (Å²) in [5.41, 5.74) is 2.88. The maximum atomic E-state index is 13.5. The summed E-state index contributed by atoms with van der Waals surface area (Å²) >= 11 is 0. The van der Waals surface area contributed by atoms with E-state index in [1.807, 2.05) is 6.92 Å². The number of esters is 1. The minimum Gasteiger partial charge on any atom is -0.502 e. The molecule has 1 fully saturated rings. The molecule has 3 aromatic carbocycles. The molecule has 0 aromatic heterocycles. The van der Waals surface area contributed by atoms with E-state index in [1.54, 1.807) is 48.5 Å². The van der Waals surface area contributed by atoms with Crippen LogP contribution in [-0.2, 0) is 19.6 Å². The average Bonchev–Trinajstić information content (AvgIpc) is 3.54. The number of hydrogen-bond donors (Lipinski definition) is 2. The number of hydrogen-bond acceptors (Lipinski definition) is 9. The van der Waals surface area contributed by atoms with Gasteiger partial charge in [-0.1, -0.05) is 17.7 Å². The summed E-state index contributed by atoms with van der Waals surface area (Å²) in [5, 5.41) is 10.5. The van der Waals surface area contributed by atoms with Gasteiger partial charge in [-0.25, -0.2) is 13.1 Å². The van der Waals surface area contributed by atoms with Crippen molar-refractivity contribution in [1.29, 1.82) is 0 Å². The number of phenols is 1. The lowest BCUT2D eigenvalue weighted by atomic mass is 9.65. The maximum Gasteiger partial charge on any atom is 0.310 e. The van der Waals surface area contributed by atoms with Crippen LogP contribution < -0.4 is 23.7 Å². The van der Waals surface area contributed by atoms with Crippen LogP contribution in [0.3, 0.4) is 0 Å². The highest BCUT2D eigenvalue weighted by Gasteiger charge is 2.53. The molecule has 3 aromatic rings. The third kappa shape index (κ3) is 4.12. The van der Waals surface area contributed by atoms with Gasteiger partial charge < -0.3 is 28.8 Å². The van der Waals surface area contributed by atoms with Crippen molar-refractivity contribution in [2.24, 2.45) is 11.8 Å². The molecule has 1 saturated heterocycles. The van der Waals surface area contributed by atoms with Gasteiger partial charge in [0.2, 0.25) is 22.6 Å². The van der Waals surface area contributed by atoms with Crippen molar-refractivity contribution in [3.63, 3.8) is 0 Å². The number of carbonyl (C=O) groups is 1. The predicted molar refractivity (Wildman–Crippen MR) is 138 cm³/mol. The Morgan fingerprint density at radius 3 is 2.15 bits per heavy atom. The van der Waals surface area contributed by atoms with E-state index in [9.17, 15) is 18.3 Å². The van der Waals surface area contributed by atoms with Crippen LogP contribution >= 0.6 is 0 Å². The van der Waals surface area contributed by atoms with E-state index in [1.165, 1.54) is 14.2 Å². The Balaban J connectivity index is 1.54. The Morgan fingerprint density at radius 1 is 0.923 bits per heavy atom. The number of aryl methyl sites for hydroxylation is 1. The first-order valence-corrected chi connectivity index (χ1v) is 13.8. The molecule has 3 aliphatic rings. The third-order valence-electron chi connectivity index (χ3n) is 7.66. The summed E-state index contributed by atoms with van der Waals surface area (Å²) in [5.74, 6) is -1.12. The molecule has 2 N–H and O–H groups in total. The lowest BCUT2D eigenvalue weighted by Crippen LogP contribution is -2.42. The molecule has 39 heavy (non-hydrogen) atoms. The highest BCUT2D eigenvalue weighted by Crippen LogP contribution is 2.55. The predicted octanol–water partition coefficient (Wildman–Crippen LogP) is 3.40. The van der Waals surface area contributed by atoms with Crippen LogP contribution in [0, 0.1) is 18.8 Å².